The standard InChI is InChI=1S/C10H12BrNO/c1-6-9-4-7(11)5-10(13)8(9)2-3-12-6/h4-6,12-13H,2-3H2,1H3. The Morgan fingerprint density at radius 1 is 1.54 bits per heavy atom. The molecule has 2 N–H and O–H groups in total. The fraction of sp³-hybridized carbons (Fsp3) is 0.400. The van der Waals surface area contributed by atoms with Crippen LogP contribution < -0.4 is 5.32 Å². The first-order valence-corrected chi connectivity index (χ1v) is 5.22. The fourth-order valence-electron chi connectivity index (χ4n) is 1.83. The molecular formula is C10H12BrNO. The second-order valence-corrected chi connectivity index (χ2v) is 4.33. The zero-order chi connectivity index (χ0) is 9.42. The summed E-state index contributed by atoms with van der Waals surface area (Å²) >= 11 is 3.38. The van der Waals surface area contributed by atoms with Gasteiger partial charge in [-0.25, -0.2) is 0 Å². The zero-order valence-corrected chi connectivity index (χ0v) is 9.06. The predicted octanol–water partition coefficient (Wildman–Crippen LogP) is 2.36. The van der Waals surface area contributed by atoms with Gasteiger partial charge in [0.25, 0.3) is 0 Å². The first-order chi connectivity index (χ1) is 6.18. The number of halogens is 1. The highest BCUT2D eigenvalue weighted by Crippen LogP contribution is 2.32. The Labute approximate surface area is 86.1 Å². The van der Waals surface area contributed by atoms with Crippen molar-refractivity contribution in [2.24, 2.45) is 0 Å². The van der Waals surface area contributed by atoms with Crippen LogP contribution in [0.15, 0.2) is 16.6 Å². The van der Waals surface area contributed by atoms with Crippen LogP contribution in [-0.2, 0) is 6.42 Å². The Hall–Kier alpha value is -0.540. The van der Waals surface area contributed by atoms with Crippen LogP contribution in [0.1, 0.15) is 24.1 Å². The van der Waals surface area contributed by atoms with Crippen LogP contribution in [0.4, 0.5) is 0 Å². The van der Waals surface area contributed by atoms with E-state index >= 15 is 0 Å². The van der Waals surface area contributed by atoms with Gasteiger partial charge in [0, 0.05) is 10.5 Å². The van der Waals surface area contributed by atoms with Crippen molar-refractivity contribution in [2.75, 3.05) is 6.54 Å². The molecule has 1 unspecified atom stereocenters. The van der Waals surface area contributed by atoms with Gasteiger partial charge >= 0.3 is 0 Å². The van der Waals surface area contributed by atoms with Gasteiger partial charge in [-0.3, -0.25) is 0 Å². The maximum absolute atomic E-state index is 9.70. The Kier molecular flexibility index (Phi) is 2.30. The van der Waals surface area contributed by atoms with Crippen molar-refractivity contribution >= 4 is 15.9 Å². The summed E-state index contributed by atoms with van der Waals surface area (Å²) in [6.45, 7) is 3.06. The molecule has 1 aromatic carbocycles. The molecule has 2 nitrogen and oxygen atoms in total. The van der Waals surface area contributed by atoms with Crippen LogP contribution in [0.2, 0.25) is 0 Å². The van der Waals surface area contributed by atoms with Crippen molar-refractivity contribution in [1.29, 1.82) is 0 Å². The zero-order valence-electron chi connectivity index (χ0n) is 7.47. The average Bonchev–Trinajstić information content (AvgIpc) is 2.07. The van der Waals surface area contributed by atoms with Crippen molar-refractivity contribution in [3.63, 3.8) is 0 Å². The molecule has 0 aromatic heterocycles. The highest BCUT2D eigenvalue weighted by Gasteiger charge is 2.18. The second-order valence-electron chi connectivity index (χ2n) is 3.42. The maximum Gasteiger partial charge on any atom is 0.120 e. The van der Waals surface area contributed by atoms with Crippen LogP contribution in [0.25, 0.3) is 0 Å². The van der Waals surface area contributed by atoms with Crippen LogP contribution in [0.3, 0.4) is 0 Å². The lowest BCUT2D eigenvalue weighted by atomic mass is 9.95. The van der Waals surface area contributed by atoms with Gasteiger partial charge in [0.05, 0.1) is 0 Å². The van der Waals surface area contributed by atoms with E-state index in [0.29, 0.717) is 11.8 Å². The molecule has 0 saturated carbocycles. The number of aromatic hydroxyl groups is 1. The first-order valence-electron chi connectivity index (χ1n) is 4.43. The minimum Gasteiger partial charge on any atom is -0.508 e. The third kappa shape index (κ3) is 1.58. The molecular weight excluding hydrogens is 230 g/mol. The Bertz CT molecular complexity index is 338. The topological polar surface area (TPSA) is 32.3 Å². The van der Waals surface area contributed by atoms with Crippen molar-refractivity contribution in [3.8, 4) is 5.75 Å². The van der Waals surface area contributed by atoms with Crippen LogP contribution in [0.5, 0.6) is 5.75 Å². The van der Waals surface area contributed by atoms with Gasteiger partial charge < -0.3 is 10.4 Å². The van der Waals surface area contributed by atoms with E-state index in [2.05, 4.69) is 34.2 Å². The summed E-state index contributed by atoms with van der Waals surface area (Å²) in [6.07, 6.45) is 0.915. The molecule has 0 saturated heterocycles. The van der Waals surface area contributed by atoms with E-state index in [9.17, 15) is 5.11 Å². The van der Waals surface area contributed by atoms with Crippen molar-refractivity contribution in [1.82, 2.24) is 5.32 Å². The van der Waals surface area contributed by atoms with E-state index in [1.807, 2.05) is 0 Å². The summed E-state index contributed by atoms with van der Waals surface area (Å²) in [7, 11) is 0. The lowest BCUT2D eigenvalue weighted by Gasteiger charge is -2.24. The second kappa shape index (κ2) is 3.31. The quantitative estimate of drug-likeness (QED) is 0.731. The number of rotatable bonds is 0. The van der Waals surface area contributed by atoms with Gasteiger partial charge in [0.2, 0.25) is 0 Å². The van der Waals surface area contributed by atoms with Gasteiger partial charge in [0.1, 0.15) is 5.75 Å². The SMILES string of the molecule is CC1NCCc2c(O)cc(Br)cc21. The van der Waals surface area contributed by atoms with E-state index in [1.165, 1.54) is 5.56 Å². The van der Waals surface area contributed by atoms with E-state index in [-0.39, 0.29) is 0 Å². The van der Waals surface area contributed by atoms with Gasteiger partial charge in [-0.1, -0.05) is 15.9 Å². The molecule has 13 heavy (non-hydrogen) atoms. The third-order valence-electron chi connectivity index (χ3n) is 2.52. The molecule has 0 aliphatic carbocycles. The van der Waals surface area contributed by atoms with Crippen molar-refractivity contribution in [2.45, 2.75) is 19.4 Å². The summed E-state index contributed by atoms with van der Waals surface area (Å²) < 4.78 is 0.944. The summed E-state index contributed by atoms with van der Waals surface area (Å²) in [5.41, 5.74) is 2.30. The first kappa shape index (κ1) is 9.03. The minimum absolute atomic E-state index is 0.340. The van der Waals surface area contributed by atoms with Gasteiger partial charge in [-0.15, -0.1) is 0 Å². The molecule has 0 fully saturated rings. The molecule has 3 heteroatoms. The minimum atomic E-state index is 0.340. The van der Waals surface area contributed by atoms with E-state index in [1.54, 1.807) is 6.07 Å². The molecule has 1 aromatic rings. The molecule has 0 amide bonds. The molecule has 0 radical (unpaired) electrons. The van der Waals surface area contributed by atoms with E-state index in [0.717, 1.165) is 23.0 Å². The normalized spacial score (nSPS) is 21.2. The number of nitrogens with one attached hydrogen (secondary N) is 1. The number of fused-ring (bicyclic) bond motifs is 1. The van der Waals surface area contributed by atoms with Gasteiger partial charge in [0.15, 0.2) is 0 Å². The van der Waals surface area contributed by atoms with E-state index < -0.39 is 0 Å². The molecule has 1 aliphatic heterocycles. The van der Waals surface area contributed by atoms with Gasteiger partial charge in [-0.2, -0.15) is 0 Å². The Morgan fingerprint density at radius 2 is 2.31 bits per heavy atom. The number of phenolic OH excluding ortho intramolecular Hbond substituents is 1. The number of hydrogen-bond acceptors (Lipinski definition) is 2. The van der Waals surface area contributed by atoms with E-state index in [4.69, 9.17) is 0 Å². The number of phenols is 1. The van der Waals surface area contributed by atoms with Crippen molar-refractivity contribution in [3.05, 3.63) is 27.7 Å². The Morgan fingerprint density at radius 3 is 3.08 bits per heavy atom. The monoisotopic (exact) mass is 241 g/mol. The maximum atomic E-state index is 9.70. The average molecular weight is 242 g/mol. The summed E-state index contributed by atoms with van der Waals surface area (Å²) in [5, 5.41) is 13.1. The molecule has 70 valence electrons. The van der Waals surface area contributed by atoms with Crippen LogP contribution in [0, 0.1) is 0 Å². The van der Waals surface area contributed by atoms with Gasteiger partial charge in [-0.05, 0) is 43.1 Å². The molecule has 0 spiro atoms. The summed E-state index contributed by atoms with van der Waals surface area (Å²) in [6, 6.07) is 4.18. The van der Waals surface area contributed by atoms with Crippen LogP contribution in [-0.4, -0.2) is 11.7 Å². The highest BCUT2D eigenvalue weighted by atomic mass is 79.9. The number of hydrogen-bond donors (Lipinski definition) is 2. The van der Waals surface area contributed by atoms with Crippen LogP contribution >= 0.6 is 15.9 Å². The Balaban J connectivity index is 2.56. The lowest BCUT2D eigenvalue weighted by Crippen LogP contribution is -2.27. The molecule has 1 atom stereocenters. The molecule has 1 aliphatic rings. The number of benzene rings is 1. The summed E-state index contributed by atoms with van der Waals surface area (Å²) in [4.78, 5) is 0. The lowest BCUT2D eigenvalue weighted by molar-refractivity contribution is 0.452. The molecule has 2 rings (SSSR count). The smallest absolute Gasteiger partial charge is 0.120 e. The largest absolute Gasteiger partial charge is 0.508 e. The highest BCUT2D eigenvalue weighted by molar-refractivity contribution is 9.10. The fourth-order valence-corrected chi connectivity index (χ4v) is 2.29. The third-order valence-corrected chi connectivity index (χ3v) is 2.98. The predicted molar refractivity (Wildman–Crippen MR) is 55.9 cm³/mol. The summed E-state index contributed by atoms with van der Waals surface area (Å²) in [5.74, 6) is 0.415. The molecule has 0 bridgehead atoms. The van der Waals surface area contributed by atoms with Crippen molar-refractivity contribution < 1.29 is 5.11 Å². The molecule has 1 heterocycles.